The molecular formula is C54H98N2O7P+. The first-order chi connectivity index (χ1) is 30.9. The predicted molar refractivity (Wildman–Crippen MR) is 272 cm³/mol. The molecule has 10 heteroatoms. The van der Waals surface area contributed by atoms with E-state index < -0.39 is 20.0 Å². The summed E-state index contributed by atoms with van der Waals surface area (Å²) >= 11 is 0. The van der Waals surface area contributed by atoms with E-state index in [1.165, 1.54) is 57.8 Å². The molecule has 1 amide bonds. The third kappa shape index (κ3) is 44.6. The normalized spacial score (nSPS) is 14.5. The van der Waals surface area contributed by atoms with Gasteiger partial charge in [-0.2, -0.15) is 0 Å². The van der Waals surface area contributed by atoms with Crippen molar-refractivity contribution in [1.82, 2.24) is 5.32 Å². The van der Waals surface area contributed by atoms with Gasteiger partial charge in [0, 0.05) is 12.8 Å². The van der Waals surface area contributed by atoms with Gasteiger partial charge in [-0.3, -0.25) is 18.6 Å². The molecule has 0 aromatic carbocycles. The number of amides is 1. The number of nitrogens with zero attached hydrogens (tertiary/aromatic N) is 1. The van der Waals surface area contributed by atoms with Gasteiger partial charge in [0.1, 0.15) is 19.3 Å². The van der Waals surface area contributed by atoms with Gasteiger partial charge in [-0.15, -0.1) is 0 Å². The molecule has 0 spiro atoms. The molecule has 0 aromatic heterocycles. The lowest BCUT2D eigenvalue weighted by atomic mass is 10.1. The molecule has 64 heavy (non-hydrogen) atoms. The van der Waals surface area contributed by atoms with Crippen molar-refractivity contribution in [3.63, 3.8) is 0 Å². The quantitative estimate of drug-likeness (QED) is 0.0206. The molecule has 0 rings (SSSR count). The van der Waals surface area contributed by atoms with Crippen LogP contribution in [0.2, 0.25) is 0 Å². The zero-order valence-electron chi connectivity index (χ0n) is 42.0. The van der Waals surface area contributed by atoms with Crippen molar-refractivity contribution in [2.45, 2.75) is 219 Å². The van der Waals surface area contributed by atoms with Crippen LogP contribution in [0.3, 0.4) is 0 Å². The summed E-state index contributed by atoms with van der Waals surface area (Å²) in [5.41, 5.74) is 0. The minimum absolute atomic E-state index is 0.0297. The van der Waals surface area contributed by atoms with Crippen LogP contribution < -0.4 is 5.32 Å². The Bertz CT molecular complexity index is 1330. The van der Waals surface area contributed by atoms with Gasteiger partial charge in [0.15, 0.2) is 0 Å². The summed E-state index contributed by atoms with van der Waals surface area (Å²) in [5, 5.41) is 3.01. The SMILES string of the molecule is CC/C=C/C/C=C/C/C=C/C/C=C/CCCCCC(=O)NC(COP(=O)(O)OCC[N+](C)(C)C)C(/C=C\CCCCCCCCCCC)OC(=O)CCCCCCC/C=C\CCCC. The third-order valence-electron chi connectivity index (χ3n) is 10.9. The molecule has 2 N–H and O–H groups in total. The Morgan fingerprint density at radius 2 is 1.02 bits per heavy atom. The lowest BCUT2D eigenvalue weighted by Crippen LogP contribution is -2.47. The molecule has 0 aliphatic heterocycles. The number of unbranched alkanes of at least 4 members (excludes halogenated alkanes) is 19. The van der Waals surface area contributed by atoms with Crippen molar-refractivity contribution in [2.24, 2.45) is 0 Å². The van der Waals surface area contributed by atoms with Crippen molar-refractivity contribution in [3.05, 3.63) is 72.9 Å². The van der Waals surface area contributed by atoms with E-state index in [1.807, 2.05) is 33.3 Å². The molecule has 0 bridgehead atoms. The molecule has 9 nitrogen and oxygen atoms in total. The molecule has 0 aliphatic rings. The Hall–Kier alpha value is -2.55. The van der Waals surface area contributed by atoms with Crippen molar-refractivity contribution in [1.29, 1.82) is 0 Å². The zero-order valence-corrected chi connectivity index (χ0v) is 42.9. The summed E-state index contributed by atoms with van der Waals surface area (Å²) in [7, 11) is 1.46. The van der Waals surface area contributed by atoms with Crippen molar-refractivity contribution in [3.8, 4) is 0 Å². The highest BCUT2D eigenvalue weighted by Crippen LogP contribution is 2.43. The first-order valence-electron chi connectivity index (χ1n) is 25.8. The summed E-state index contributed by atoms with van der Waals surface area (Å²) in [6.07, 6.45) is 54.7. The van der Waals surface area contributed by atoms with E-state index in [0.29, 0.717) is 23.9 Å². The van der Waals surface area contributed by atoms with E-state index >= 15 is 0 Å². The van der Waals surface area contributed by atoms with Gasteiger partial charge in [-0.25, -0.2) is 4.57 Å². The average molecular weight is 918 g/mol. The Labute approximate surface area is 393 Å². The maximum atomic E-state index is 13.4. The van der Waals surface area contributed by atoms with Crippen molar-refractivity contribution >= 4 is 19.7 Å². The van der Waals surface area contributed by atoms with E-state index in [2.05, 4.69) is 86.8 Å². The molecule has 0 aliphatic carbocycles. The number of hydrogen-bond acceptors (Lipinski definition) is 6. The predicted octanol–water partition coefficient (Wildman–Crippen LogP) is 14.9. The number of phosphoric acid groups is 1. The number of nitrogens with one attached hydrogen (secondary N) is 1. The van der Waals surface area contributed by atoms with E-state index in [-0.39, 0.29) is 31.5 Å². The number of rotatable bonds is 45. The van der Waals surface area contributed by atoms with Gasteiger partial charge < -0.3 is 19.4 Å². The van der Waals surface area contributed by atoms with E-state index in [1.54, 1.807) is 0 Å². The Morgan fingerprint density at radius 3 is 1.58 bits per heavy atom. The smallest absolute Gasteiger partial charge is 0.456 e. The summed E-state index contributed by atoms with van der Waals surface area (Å²) in [6.45, 7) is 6.79. The van der Waals surface area contributed by atoms with Gasteiger partial charge in [0.2, 0.25) is 5.91 Å². The molecular weight excluding hydrogens is 820 g/mol. The van der Waals surface area contributed by atoms with Crippen LogP contribution in [0.5, 0.6) is 0 Å². The van der Waals surface area contributed by atoms with Gasteiger partial charge in [0.05, 0.1) is 33.8 Å². The first-order valence-corrected chi connectivity index (χ1v) is 27.3. The standard InChI is InChI=1S/C54H97N2O7P/c1-7-10-13-16-19-22-25-26-27-28-29-32-34-37-40-43-46-53(57)55-51(50-62-64(59,60)61-49-48-56(4,5)6)52(45-42-39-36-33-30-23-20-17-14-11-8-2)63-54(58)47-44-41-38-35-31-24-21-18-15-12-9-3/h10,13,18-19,21-22,26-27,29,32,42,45,51-52H,7-9,11-12,14-17,20,23-25,28,30-31,33-41,43-44,46-50H2,1-6H3,(H-,55,57,59,60)/p+1/b13-10+,21-18-,22-19+,27-26+,32-29+,45-42-. The number of phosphoric ester groups is 1. The largest absolute Gasteiger partial charge is 0.472 e. The maximum absolute atomic E-state index is 13.4. The fraction of sp³-hybridized carbons (Fsp3) is 0.741. The second-order valence-electron chi connectivity index (χ2n) is 18.3. The molecule has 0 saturated heterocycles. The number of likely N-dealkylation sites (N-methyl/N-ethyl adjacent to an activating group) is 1. The summed E-state index contributed by atoms with van der Waals surface area (Å²) in [5.74, 6) is -0.560. The van der Waals surface area contributed by atoms with Gasteiger partial charge in [-0.05, 0) is 89.5 Å². The Kier molecular flexibility index (Phi) is 42.5. The second kappa shape index (κ2) is 44.3. The highest BCUT2D eigenvalue weighted by atomic mass is 31.2. The number of carbonyl (C=O) groups excluding carboxylic acids is 2. The number of esters is 1. The summed E-state index contributed by atoms with van der Waals surface area (Å²) < 4.78 is 30.4. The lowest BCUT2D eigenvalue weighted by Gasteiger charge is -2.27. The Morgan fingerprint density at radius 1 is 0.562 bits per heavy atom. The van der Waals surface area contributed by atoms with Crippen LogP contribution in [-0.2, 0) is 27.9 Å². The molecule has 3 atom stereocenters. The summed E-state index contributed by atoms with van der Waals surface area (Å²) in [4.78, 5) is 37.3. The molecule has 370 valence electrons. The third-order valence-corrected chi connectivity index (χ3v) is 11.9. The molecule has 0 aromatic rings. The summed E-state index contributed by atoms with van der Waals surface area (Å²) in [6, 6.07) is -0.868. The number of hydrogen-bond donors (Lipinski definition) is 2. The van der Waals surface area contributed by atoms with Crippen LogP contribution >= 0.6 is 7.82 Å². The maximum Gasteiger partial charge on any atom is 0.472 e. The van der Waals surface area contributed by atoms with Crippen LogP contribution in [0.25, 0.3) is 0 Å². The zero-order chi connectivity index (χ0) is 47.3. The number of carbonyl (C=O) groups is 2. The van der Waals surface area contributed by atoms with Gasteiger partial charge >= 0.3 is 13.8 Å². The molecule has 0 fully saturated rings. The number of quaternary nitrogens is 1. The Balaban J connectivity index is 5.48. The monoisotopic (exact) mass is 918 g/mol. The minimum Gasteiger partial charge on any atom is -0.456 e. The number of allylic oxidation sites excluding steroid dienone is 11. The van der Waals surface area contributed by atoms with E-state index in [0.717, 1.165) is 109 Å². The molecule has 3 unspecified atom stereocenters. The fourth-order valence-electron chi connectivity index (χ4n) is 6.85. The highest BCUT2D eigenvalue weighted by molar-refractivity contribution is 7.47. The van der Waals surface area contributed by atoms with Crippen LogP contribution in [0.15, 0.2) is 72.9 Å². The van der Waals surface area contributed by atoms with E-state index in [4.69, 9.17) is 13.8 Å². The average Bonchev–Trinajstić information content (AvgIpc) is 3.25. The van der Waals surface area contributed by atoms with Crippen molar-refractivity contribution in [2.75, 3.05) is 40.9 Å². The van der Waals surface area contributed by atoms with Crippen LogP contribution in [0, 0.1) is 0 Å². The van der Waals surface area contributed by atoms with Crippen LogP contribution in [0.1, 0.15) is 207 Å². The van der Waals surface area contributed by atoms with Crippen LogP contribution in [-0.4, -0.2) is 74.3 Å². The highest BCUT2D eigenvalue weighted by Gasteiger charge is 2.30. The van der Waals surface area contributed by atoms with Gasteiger partial charge in [-0.1, -0.05) is 177 Å². The van der Waals surface area contributed by atoms with Crippen LogP contribution in [0.4, 0.5) is 0 Å². The second-order valence-corrected chi connectivity index (χ2v) is 19.8. The molecule has 0 saturated carbocycles. The van der Waals surface area contributed by atoms with E-state index in [9.17, 15) is 19.0 Å². The minimum atomic E-state index is -4.45. The topological polar surface area (TPSA) is 111 Å². The first kappa shape index (κ1) is 61.5. The molecule has 0 radical (unpaired) electrons. The molecule has 0 heterocycles. The van der Waals surface area contributed by atoms with Gasteiger partial charge in [0.25, 0.3) is 0 Å². The fourth-order valence-corrected chi connectivity index (χ4v) is 7.59. The number of ether oxygens (including phenoxy) is 1. The lowest BCUT2D eigenvalue weighted by molar-refractivity contribution is -0.870. The van der Waals surface area contributed by atoms with Crippen molar-refractivity contribution < 1.29 is 37.3 Å².